The van der Waals surface area contributed by atoms with Crippen molar-refractivity contribution in [2.24, 2.45) is 0 Å². The molecule has 0 aromatic heterocycles. The lowest BCUT2D eigenvalue weighted by molar-refractivity contribution is 0.0695. The van der Waals surface area contributed by atoms with E-state index in [1.807, 2.05) is 13.1 Å². The lowest BCUT2D eigenvalue weighted by Crippen LogP contribution is -2.07. The van der Waals surface area contributed by atoms with Gasteiger partial charge in [0.05, 0.1) is 12.2 Å². The molecular formula is C14H21NO3. The summed E-state index contributed by atoms with van der Waals surface area (Å²) in [6, 6.07) is 5.27. The molecule has 0 saturated heterocycles. The van der Waals surface area contributed by atoms with Crippen molar-refractivity contribution in [1.82, 2.24) is 0 Å². The number of nitrogens with one attached hydrogen (secondary N) is 1. The second-order valence-corrected chi connectivity index (χ2v) is 4.14. The monoisotopic (exact) mass is 251 g/mol. The van der Waals surface area contributed by atoms with Crippen LogP contribution in [0.2, 0.25) is 0 Å². The van der Waals surface area contributed by atoms with E-state index in [0.717, 1.165) is 30.7 Å². The molecule has 0 atom stereocenters. The number of aromatic carboxylic acids is 1. The van der Waals surface area contributed by atoms with Gasteiger partial charge in [-0.2, -0.15) is 0 Å². The van der Waals surface area contributed by atoms with Gasteiger partial charge in [0.1, 0.15) is 0 Å². The Kier molecular flexibility index (Phi) is 6.22. The Labute approximate surface area is 108 Å². The van der Waals surface area contributed by atoms with Gasteiger partial charge >= 0.3 is 5.97 Å². The molecule has 18 heavy (non-hydrogen) atoms. The number of carboxylic acids is 1. The Morgan fingerprint density at radius 3 is 2.78 bits per heavy atom. The van der Waals surface area contributed by atoms with Crippen LogP contribution in [0, 0.1) is 0 Å². The molecule has 1 aromatic rings. The van der Waals surface area contributed by atoms with Crippen molar-refractivity contribution in [2.75, 3.05) is 25.6 Å². The fourth-order valence-electron chi connectivity index (χ4n) is 1.70. The van der Waals surface area contributed by atoms with Gasteiger partial charge in [0.15, 0.2) is 0 Å². The number of anilines is 1. The third-order valence-electron chi connectivity index (χ3n) is 2.78. The molecule has 1 rings (SSSR count). The molecule has 0 amide bonds. The maximum absolute atomic E-state index is 11.1. The Bertz CT molecular complexity index is 391. The van der Waals surface area contributed by atoms with Crippen LogP contribution in [0.5, 0.6) is 0 Å². The lowest BCUT2D eigenvalue weighted by Gasteiger charge is -2.09. The second-order valence-electron chi connectivity index (χ2n) is 4.14. The van der Waals surface area contributed by atoms with Gasteiger partial charge in [0.25, 0.3) is 0 Å². The van der Waals surface area contributed by atoms with E-state index in [1.165, 1.54) is 0 Å². The fraction of sp³-hybridized carbons (Fsp3) is 0.500. The van der Waals surface area contributed by atoms with Crippen LogP contribution in [-0.4, -0.2) is 31.3 Å². The summed E-state index contributed by atoms with van der Waals surface area (Å²) in [7, 11) is 1.82. The Morgan fingerprint density at radius 1 is 1.39 bits per heavy atom. The molecule has 0 bridgehead atoms. The van der Waals surface area contributed by atoms with Crippen molar-refractivity contribution in [3.05, 3.63) is 29.3 Å². The van der Waals surface area contributed by atoms with Crippen molar-refractivity contribution in [1.29, 1.82) is 0 Å². The molecule has 0 aliphatic carbocycles. The summed E-state index contributed by atoms with van der Waals surface area (Å²) in [5.41, 5.74) is 2.09. The van der Waals surface area contributed by atoms with Gasteiger partial charge in [0, 0.05) is 19.3 Å². The third kappa shape index (κ3) is 4.37. The van der Waals surface area contributed by atoms with E-state index in [0.29, 0.717) is 18.6 Å². The largest absolute Gasteiger partial charge is 0.478 e. The van der Waals surface area contributed by atoms with Crippen LogP contribution in [-0.2, 0) is 11.2 Å². The summed E-state index contributed by atoms with van der Waals surface area (Å²) >= 11 is 0. The zero-order chi connectivity index (χ0) is 13.4. The number of benzene rings is 1. The van der Waals surface area contributed by atoms with E-state index in [2.05, 4.69) is 12.2 Å². The van der Waals surface area contributed by atoms with Crippen LogP contribution in [0.1, 0.15) is 35.7 Å². The minimum absolute atomic E-state index is 0.355. The highest BCUT2D eigenvalue weighted by molar-refractivity contribution is 5.90. The standard InChI is InChI=1S/C14H21NO3/c1-3-4-8-18-9-7-11-10-12(15-2)5-6-13(11)14(16)17/h5-6,10,15H,3-4,7-9H2,1-2H3,(H,16,17). The minimum atomic E-state index is -0.888. The summed E-state index contributed by atoms with van der Waals surface area (Å²) in [4.78, 5) is 11.1. The molecule has 4 heteroatoms. The molecule has 0 heterocycles. The van der Waals surface area contributed by atoms with E-state index in [9.17, 15) is 4.79 Å². The third-order valence-corrected chi connectivity index (χ3v) is 2.78. The maximum atomic E-state index is 11.1. The van der Waals surface area contributed by atoms with E-state index in [-0.39, 0.29) is 0 Å². The number of hydrogen-bond acceptors (Lipinski definition) is 3. The molecule has 0 aliphatic heterocycles. The summed E-state index contributed by atoms with van der Waals surface area (Å²) in [5, 5.41) is 12.1. The average molecular weight is 251 g/mol. The van der Waals surface area contributed by atoms with Crippen LogP contribution in [0.25, 0.3) is 0 Å². The molecule has 0 radical (unpaired) electrons. The first-order chi connectivity index (χ1) is 8.69. The molecule has 0 spiro atoms. The zero-order valence-electron chi connectivity index (χ0n) is 11.0. The van der Waals surface area contributed by atoms with Gasteiger partial charge in [-0.05, 0) is 36.6 Å². The zero-order valence-corrected chi connectivity index (χ0v) is 11.0. The smallest absolute Gasteiger partial charge is 0.335 e. The van der Waals surface area contributed by atoms with Gasteiger partial charge in [-0.1, -0.05) is 13.3 Å². The van der Waals surface area contributed by atoms with Crippen LogP contribution < -0.4 is 5.32 Å². The topological polar surface area (TPSA) is 58.6 Å². The predicted molar refractivity (Wildman–Crippen MR) is 72.4 cm³/mol. The Hall–Kier alpha value is -1.55. The highest BCUT2D eigenvalue weighted by Gasteiger charge is 2.10. The van der Waals surface area contributed by atoms with Crippen molar-refractivity contribution < 1.29 is 14.6 Å². The lowest BCUT2D eigenvalue weighted by atomic mass is 10.0. The number of unbranched alkanes of at least 4 members (excludes halogenated alkanes) is 1. The van der Waals surface area contributed by atoms with Crippen LogP contribution in [0.15, 0.2) is 18.2 Å². The van der Waals surface area contributed by atoms with Crippen LogP contribution in [0.4, 0.5) is 5.69 Å². The van der Waals surface area contributed by atoms with Gasteiger partial charge in [-0.25, -0.2) is 4.79 Å². The molecule has 2 N–H and O–H groups in total. The van der Waals surface area contributed by atoms with Gasteiger partial charge in [-0.15, -0.1) is 0 Å². The average Bonchev–Trinajstić information content (AvgIpc) is 2.38. The SMILES string of the molecule is CCCCOCCc1cc(NC)ccc1C(=O)O. The van der Waals surface area contributed by atoms with Crippen LogP contribution >= 0.6 is 0 Å². The van der Waals surface area contributed by atoms with E-state index < -0.39 is 5.97 Å². The number of hydrogen-bond donors (Lipinski definition) is 2. The number of ether oxygens (including phenoxy) is 1. The number of carboxylic acid groups (broad SMARTS) is 1. The minimum Gasteiger partial charge on any atom is -0.478 e. The number of carbonyl (C=O) groups is 1. The summed E-state index contributed by atoms with van der Waals surface area (Å²) in [5.74, 6) is -0.888. The van der Waals surface area contributed by atoms with Gasteiger partial charge < -0.3 is 15.2 Å². The molecule has 1 aromatic carbocycles. The molecule has 0 saturated carbocycles. The first kappa shape index (κ1) is 14.5. The molecule has 0 fully saturated rings. The van der Waals surface area contributed by atoms with E-state index in [4.69, 9.17) is 9.84 Å². The number of rotatable bonds is 8. The van der Waals surface area contributed by atoms with Crippen molar-refractivity contribution >= 4 is 11.7 Å². The normalized spacial score (nSPS) is 10.3. The summed E-state index contributed by atoms with van der Waals surface area (Å²) in [6.07, 6.45) is 2.78. The summed E-state index contributed by atoms with van der Waals surface area (Å²) in [6.45, 7) is 3.42. The highest BCUT2D eigenvalue weighted by Crippen LogP contribution is 2.16. The van der Waals surface area contributed by atoms with Gasteiger partial charge in [-0.3, -0.25) is 0 Å². The quantitative estimate of drug-likeness (QED) is 0.697. The predicted octanol–water partition coefficient (Wildman–Crippen LogP) is 2.79. The molecule has 4 nitrogen and oxygen atoms in total. The van der Waals surface area contributed by atoms with Crippen molar-refractivity contribution in [3.63, 3.8) is 0 Å². The Morgan fingerprint density at radius 2 is 2.17 bits per heavy atom. The molecular weight excluding hydrogens is 230 g/mol. The highest BCUT2D eigenvalue weighted by atomic mass is 16.5. The van der Waals surface area contributed by atoms with Crippen LogP contribution in [0.3, 0.4) is 0 Å². The first-order valence-corrected chi connectivity index (χ1v) is 6.30. The van der Waals surface area contributed by atoms with E-state index >= 15 is 0 Å². The van der Waals surface area contributed by atoms with Crippen molar-refractivity contribution in [3.8, 4) is 0 Å². The maximum Gasteiger partial charge on any atom is 0.335 e. The fourth-order valence-corrected chi connectivity index (χ4v) is 1.70. The second kappa shape index (κ2) is 7.71. The molecule has 100 valence electrons. The van der Waals surface area contributed by atoms with E-state index in [1.54, 1.807) is 12.1 Å². The molecule has 0 aliphatic rings. The van der Waals surface area contributed by atoms with Crippen molar-refractivity contribution in [2.45, 2.75) is 26.2 Å². The molecule has 0 unspecified atom stereocenters. The summed E-state index contributed by atoms with van der Waals surface area (Å²) < 4.78 is 5.47. The first-order valence-electron chi connectivity index (χ1n) is 6.30. The Balaban J connectivity index is 2.63. The van der Waals surface area contributed by atoms with Gasteiger partial charge in [0.2, 0.25) is 0 Å².